The highest BCUT2D eigenvalue weighted by Gasteiger charge is 2.26. The molecule has 0 aromatic heterocycles. The molecule has 6 heteroatoms. The van der Waals surface area contributed by atoms with Crippen LogP contribution >= 0.6 is 0 Å². The summed E-state index contributed by atoms with van der Waals surface area (Å²) in [5, 5.41) is 2.29. The summed E-state index contributed by atoms with van der Waals surface area (Å²) in [5.74, 6) is -9.74. The number of hydrogen-bond donors (Lipinski definition) is 1. The zero-order valence-electron chi connectivity index (χ0n) is 9.54. The maximum atomic E-state index is 13.2. The van der Waals surface area contributed by atoms with Crippen LogP contribution in [0.3, 0.4) is 0 Å². The first-order valence-electron chi connectivity index (χ1n) is 5.05. The van der Waals surface area contributed by atoms with Gasteiger partial charge < -0.3 is 5.32 Å². The van der Waals surface area contributed by atoms with Gasteiger partial charge in [0.25, 0.3) is 0 Å². The van der Waals surface area contributed by atoms with Gasteiger partial charge in [0.2, 0.25) is 5.82 Å². The lowest BCUT2D eigenvalue weighted by Crippen LogP contribution is -2.24. The molecule has 0 spiro atoms. The fourth-order valence-corrected chi connectivity index (χ4v) is 1.13. The normalized spacial score (nSPS) is 13.0. The van der Waals surface area contributed by atoms with Gasteiger partial charge in [-0.05, 0) is 12.8 Å². The van der Waals surface area contributed by atoms with Gasteiger partial charge in [-0.2, -0.15) is 0 Å². The van der Waals surface area contributed by atoms with Crippen molar-refractivity contribution in [1.82, 2.24) is 0 Å². The van der Waals surface area contributed by atoms with Gasteiger partial charge in [0.15, 0.2) is 23.3 Å². The molecule has 1 atom stereocenters. The Bertz CT molecular complexity index is 401. The second kappa shape index (κ2) is 4.89. The molecule has 1 aromatic carbocycles. The zero-order valence-corrected chi connectivity index (χ0v) is 9.54. The molecule has 0 saturated heterocycles. The van der Waals surface area contributed by atoms with Crippen molar-refractivity contribution >= 4 is 5.69 Å². The summed E-state index contributed by atoms with van der Waals surface area (Å²) in [6.07, 6.45) is 0. The summed E-state index contributed by atoms with van der Waals surface area (Å²) >= 11 is 0. The topological polar surface area (TPSA) is 12.0 Å². The van der Waals surface area contributed by atoms with Gasteiger partial charge in [0, 0.05) is 6.04 Å². The van der Waals surface area contributed by atoms with E-state index in [9.17, 15) is 22.0 Å². The molecule has 1 unspecified atom stereocenters. The second-order valence-electron chi connectivity index (χ2n) is 4.12. The second-order valence-corrected chi connectivity index (χ2v) is 4.12. The lowest BCUT2D eigenvalue weighted by Gasteiger charge is -2.20. The molecular formula is C11H12F5N. The van der Waals surface area contributed by atoms with Crippen LogP contribution in [0.1, 0.15) is 20.8 Å². The Morgan fingerprint density at radius 2 is 1.06 bits per heavy atom. The van der Waals surface area contributed by atoms with Crippen molar-refractivity contribution in [3.05, 3.63) is 29.1 Å². The van der Waals surface area contributed by atoms with E-state index in [0.29, 0.717) is 0 Å². The van der Waals surface area contributed by atoms with Gasteiger partial charge in [0.05, 0.1) is 0 Å². The van der Waals surface area contributed by atoms with Crippen LogP contribution in [-0.2, 0) is 0 Å². The highest BCUT2D eigenvalue weighted by molar-refractivity contribution is 5.48. The first-order chi connectivity index (χ1) is 7.77. The Balaban J connectivity index is 3.25. The molecule has 0 saturated carbocycles. The summed E-state index contributed by atoms with van der Waals surface area (Å²) in [7, 11) is 0. The van der Waals surface area contributed by atoms with E-state index in [0.717, 1.165) is 0 Å². The first-order valence-corrected chi connectivity index (χ1v) is 5.05. The molecule has 0 amide bonds. The Morgan fingerprint density at radius 1 is 0.706 bits per heavy atom. The van der Waals surface area contributed by atoms with Crippen LogP contribution < -0.4 is 5.32 Å². The monoisotopic (exact) mass is 253 g/mol. The number of nitrogens with one attached hydrogen (secondary N) is 1. The molecule has 96 valence electrons. The van der Waals surface area contributed by atoms with Gasteiger partial charge in [-0.3, -0.25) is 0 Å². The first kappa shape index (κ1) is 13.7. The fourth-order valence-electron chi connectivity index (χ4n) is 1.13. The third kappa shape index (κ3) is 2.50. The van der Waals surface area contributed by atoms with Gasteiger partial charge in [-0.15, -0.1) is 0 Å². The van der Waals surface area contributed by atoms with Crippen LogP contribution in [-0.4, -0.2) is 6.04 Å². The SMILES string of the molecule is CC(C)C(C)Nc1c(F)c(F)c(F)c(F)c1F. The minimum absolute atomic E-state index is 0.0232. The number of anilines is 1. The summed E-state index contributed by atoms with van der Waals surface area (Å²) < 4.78 is 64.9. The van der Waals surface area contributed by atoms with E-state index in [1.54, 1.807) is 20.8 Å². The third-order valence-electron chi connectivity index (χ3n) is 2.58. The maximum absolute atomic E-state index is 13.2. The fraction of sp³-hybridized carbons (Fsp3) is 0.455. The molecule has 1 aromatic rings. The van der Waals surface area contributed by atoms with E-state index >= 15 is 0 Å². The molecule has 1 rings (SSSR count). The van der Waals surface area contributed by atoms with Crippen molar-refractivity contribution in [2.75, 3.05) is 5.32 Å². The Morgan fingerprint density at radius 3 is 1.41 bits per heavy atom. The lowest BCUT2D eigenvalue weighted by molar-refractivity contribution is 0.379. The van der Waals surface area contributed by atoms with Crippen LogP contribution in [0, 0.1) is 35.0 Å². The van der Waals surface area contributed by atoms with E-state index in [-0.39, 0.29) is 5.92 Å². The molecule has 0 heterocycles. The minimum Gasteiger partial charge on any atom is -0.377 e. The third-order valence-corrected chi connectivity index (χ3v) is 2.58. The van der Waals surface area contributed by atoms with Crippen molar-refractivity contribution in [2.24, 2.45) is 5.92 Å². The highest BCUT2D eigenvalue weighted by atomic mass is 19.2. The van der Waals surface area contributed by atoms with Crippen LogP contribution in [0.15, 0.2) is 0 Å². The summed E-state index contributed by atoms with van der Waals surface area (Å²) in [6, 6.07) is -0.428. The smallest absolute Gasteiger partial charge is 0.200 e. The molecule has 1 N–H and O–H groups in total. The predicted octanol–water partition coefficient (Wildman–Crippen LogP) is 3.84. The van der Waals surface area contributed by atoms with Crippen molar-refractivity contribution in [2.45, 2.75) is 26.8 Å². The minimum atomic E-state index is -2.15. The van der Waals surface area contributed by atoms with E-state index in [4.69, 9.17) is 0 Å². The van der Waals surface area contributed by atoms with Crippen LogP contribution in [0.2, 0.25) is 0 Å². The molecule has 1 nitrogen and oxygen atoms in total. The van der Waals surface area contributed by atoms with Gasteiger partial charge >= 0.3 is 0 Å². The molecule has 0 fully saturated rings. The summed E-state index contributed by atoms with van der Waals surface area (Å²) in [6.45, 7) is 5.09. The van der Waals surface area contributed by atoms with E-state index in [1.165, 1.54) is 0 Å². The molecule has 0 radical (unpaired) electrons. The van der Waals surface area contributed by atoms with E-state index in [2.05, 4.69) is 5.32 Å². The van der Waals surface area contributed by atoms with Gasteiger partial charge in [0.1, 0.15) is 5.69 Å². The van der Waals surface area contributed by atoms with Gasteiger partial charge in [-0.25, -0.2) is 22.0 Å². The summed E-state index contributed by atoms with van der Waals surface area (Å²) in [4.78, 5) is 0. The van der Waals surface area contributed by atoms with Crippen LogP contribution in [0.25, 0.3) is 0 Å². The number of rotatable bonds is 3. The Labute approximate surface area is 95.6 Å². The largest absolute Gasteiger partial charge is 0.377 e. The predicted molar refractivity (Wildman–Crippen MR) is 54.2 cm³/mol. The molecular weight excluding hydrogens is 241 g/mol. The highest BCUT2D eigenvalue weighted by Crippen LogP contribution is 2.28. The van der Waals surface area contributed by atoms with Crippen molar-refractivity contribution in [1.29, 1.82) is 0 Å². The molecule has 17 heavy (non-hydrogen) atoms. The summed E-state index contributed by atoms with van der Waals surface area (Å²) in [5.41, 5.74) is -0.984. The molecule has 0 aliphatic rings. The zero-order chi connectivity index (χ0) is 13.3. The number of halogens is 5. The maximum Gasteiger partial charge on any atom is 0.200 e. The average molecular weight is 253 g/mol. The van der Waals surface area contributed by atoms with Gasteiger partial charge in [-0.1, -0.05) is 13.8 Å². The van der Waals surface area contributed by atoms with Crippen LogP contribution in [0.4, 0.5) is 27.6 Å². The molecule has 0 bridgehead atoms. The van der Waals surface area contributed by atoms with Crippen LogP contribution in [0.5, 0.6) is 0 Å². The average Bonchev–Trinajstić information content (AvgIpc) is 2.29. The van der Waals surface area contributed by atoms with Crippen molar-refractivity contribution in [3.8, 4) is 0 Å². The molecule has 0 aliphatic carbocycles. The van der Waals surface area contributed by atoms with E-state index < -0.39 is 40.8 Å². The number of benzene rings is 1. The molecule has 0 aliphatic heterocycles. The Kier molecular flexibility index (Phi) is 3.95. The van der Waals surface area contributed by atoms with Crippen molar-refractivity contribution < 1.29 is 22.0 Å². The quantitative estimate of drug-likeness (QED) is 0.490. The number of hydrogen-bond acceptors (Lipinski definition) is 1. The Hall–Kier alpha value is -1.33. The standard InChI is InChI=1S/C11H12F5N/c1-4(2)5(3)17-11-9(15)7(13)6(12)8(14)10(11)16/h4-5,17H,1-3H3. The lowest BCUT2D eigenvalue weighted by atomic mass is 10.1. The van der Waals surface area contributed by atoms with E-state index in [1.807, 2.05) is 0 Å². The van der Waals surface area contributed by atoms with Crippen molar-refractivity contribution in [3.63, 3.8) is 0 Å².